The molecule has 9 heteroatoms. The van der Waals surface area contributed by atoms with Gasteiger partial charge in [0.05, 0.1) is 6.54 Å². The fourth-order valence-electron chi connectivity index (χ4n) is 3.90. The number of fused-ring (bicyclic) bond motifs is 3. The maximum absolute atomic E-state index is 13.3. The molecule has 0 atom stereocenters. The standard InChI is InChI=1S/C21H17ClFN5O2/c1-25-18-17(19(29)28(21(25)30)12-13-3-2-4-14(22)11-13)27-10-9-26(20(27)24-18)16-7-5-15(23)6-8-16/h2-8,11H,9-10,12H2,1H3. The Morgan fingerprint density at radius 2 is 1.87 bits per heavy atom. The van der Waals surface area contributed by atoms with Crippen LogP contribution in [-0.4, -0.2) is 25.2 Å². The highest BCUT2D eigenvalue weighted by atomic mass is 35.5. The summed E-state index contributed by atoms with van der Waals surface area (Å²) in [5.41, 5.74) is 1.39. The maximum atomic E-state index is 13.3. The van der Waals surface area contributed by atoms with Crippen molar-refractivity contribution in [2.24, 2.45) is 7.05 Å². The van der Waals surface area contributed by atoms with Gasteiger partial charge in [-0.2, -0.15) is 4.98 Å². The van der Waals surface area contributed by atoms with E-state index in [-0.39, 0.29) is 12.4 Å². The molecule has 2 aromatic heterocycles. The topological polar surface area (TPSA) is 65.1 Å². The molecule has 0 saturated carbocycles. The number of anilines is 2. The Morgan fingerprint density at radius 1 is 1.10 bits per heavy atom. The van der Waals surface area contributed by atoms with E-state index in [0.29, 0.717) is 35.2 Å². The smallest absolute Gasteiger partial charge is 0.310 e. The zero-order chi connectivity index (χ0) is 21.0. The third-order valence-corrected chi connectivity index (χ3v) is 5.60. The van der Waals surface area contributed by atoms with Crippen LogP contribution in [0.5, 0.6) is 0 Å². The summed E-state index contributed by atoms with van der Waals surface area (Å²) in [6.45, 7) is 1.25. The Balaban J connectivity index is 1.67. The predicted octanol–water partition coefficient (Wildman–Crippen LogP) is 2.89. The average Bonchev–Trinajstić information content (AvgIpc) is 3.30. The number of benzene rings is 2. The molecule has 0 bridgehead atoms. The van der Waals surface area contributed by atoms with Gasteiger partial charge in [0.15, 0.2) is 11.2 Å². The lowest BCUT2D eigenvalue weighted by Crippen LogP contribution is -2.40. The van der Waals surface area contributed by atoms with Gasteiger partial charge >= 0.3 is 5.69 Å². The quantitative estimate of drug-likeness (QED) is 0.506. The highest BCUT2D eigenvalue weighted by Gasteiger charge is 2.28. The second kappa shape index (κ2) is 6.84. The number of imidazole rings is 1. The summed E-state index contributed by atoms with van der Waals surface area (Å²) in [5.74, 6) is 0.238. The minimum atomic E-state index is -0.447. The number of hydrogen-bond donors (Lipinski definition) is 0. The summed E-state index contributed by atoms with van der Waals surface area (Å²) < 4.78 is 17.7. The van der Waals surface area contributed by atoms with E-state index in [9.17, 15) is 14.0 Å². The van der Waals surface area contributed by atoms with Crippen LogP contribution in [0.4, 0.5) is 16.0 Å². The van der Waals surface area contributed by atoms with E-state index in [2.05, 4.69) is 4.98 Å². The predicted molar refractivity (Wildman–Crippen MR) is 113 cm³/mol. The molecule has 0 saturated heterocycles. The molecule has 5 rings (SSSR count). The normalized spacial score (nSPS) is 13.2. The molecule has 3 heterocycles. The molecule has 7 nitrogen and oxygen atoms in total. The molecule has 0 amide bonds. The summed E-state index contributed by atoms with van der Waals surface area (Å²) in [6, 6.07) is 13.2. The van der Waals surface area contributed by atoms with Crippen LogP contribution < -0.4 is 16.1 Å². The molecule has 0 fully saturated rings. The zero-order valence-electron chi connectivity index (χ0n) is 16.0. The van der Waals surface area contributed by atoms with Gasteiger partial charge in [-0.1, -0.05) is 23.7 Å². The molecule has 0 radical (unpaired) electrons. The van der Waals surface area contributed by atoms with E-state index >= 15 is 0 Å². The van der Waals surface area contributed by atoms with Crippen molar-refractivity contribution in [3.8, 4) is 0 Å². The molecule has 4 aromatic rings. The Bertz CT molecular complexity index is 1400. The van der Waals surface area contributed by atoms with Crippen LogP contribution in [0.3, 0.4) is 0 Å². The molecule has 1 aliphatic rings. The number of aryl methyl sites for hydroxylation is 1. The number of nitrogens with zero attached hydrogens (tertiary/aromatic N) is 5. The van der Waals surface area contributed by atoms with Gasteiger partial charge in [-0.15, -0.1) is 0 Å². The van der Waals surface area contributed by atoms with Gasteiger partial charge in [-0.25, -0.2) is 9.18 Å². The van der Waals surface area contributed by atoms with Crippen molar-refractivity contribution in [3.05, 3.63) is 85.8 Å². The van der Waals surface area contributed by atoms with Crippen molar-refractivity contribution in [2.45, 2.75) is 13.1 Å². The van der Waals surface area contributed by atoms with Crippen LogP contribution in [0.2, 0.25) is 5.02 Å². The van der Waals surface area contributed by atoms with Crippen LogP contribution in [0.1, 0.15) is 5.56 Å². The van der Waals surface area contributed by atoms with Gasteiger partial charge in [-0.3, -0.25) is 13.9 Å². The van der Waals surface area contributed by atoms with Gasteiger partial charge in [0.25, 0.3) is 5.56 Å². The van der Waals surface area contributed by atoms with E-state index in [0.717, 1.165) is 11.3 Å². The number of aromatic nitrogens is 4. The molecule has 1 aliphatic heterocycles. The first kappa shape index (κ1) is 18.6. The molecule has 30 heavy (non-hydrogen) atoms. The summed E-state index contributed by atoms with van der Waals surface area (Å²) in [7, 11) is 1.60. The van der Waals surface area contributed by atoms with Gasteiger partial charge in [-0.05, 0) is 42.0 Å². The van der Waals surface area contributed by atoms with Crippen LogP contribution in [0.25, 0.3) is 11.2 Å². The third kappa shape index (κ3) is 2.83. The summed E-state index contributed by atoms with van der Waals surface area (Å²) in [4.78, 5) is 32.7. The highest BCUT2D eigenvalue weighted by molar-refractivity contribution is 6.30. The number of hydrogen-bond acceptors (Lipinski definition) is 4. The molecule has 0 N–H and O–H groups in total. The van der Waals surface area contributed by atoms with E-state index in [1.165, 1.54) is 21.3 Å². The molecular formula is C21H17ClFN5O2. The van der Waals surface area contributed by atoms with E-state index < -0.39 is 11.2 Å². The Morgan fingerprint density at radius 3 is 2.60 bits per heavy atom. The van der Waals surface area contributed by atoms with Crippen molar-refractivity contribution in [1.82, 2.24) is 18.7 Å². The molecule has 152 valence electrons. The molecule has 0 aliphatic carbocycles. The van der Waals surface area contributed by atoms with Gasteiger partial charge in [0, 0.05) is 30.8 Å². The van der Waals surface area contributed by atoms with E-state index in [1.807, 2.05) is 15.5 Å². The van der Waals surface area contributed by atoms with Crippen molar-refractivity contribution >= 4 is 34.4 Å². The van der Waals surface area contributed by atoms with E-state index in [4.69, 9.17) is 11.6 Å². The minimum Gasteiger partial charge on any atom is -0.310 e. The van der Waals surface area contributed by atoms with Gasteiger partial charge < -0.3 is 9.47 Å². The van der Waals surface area contributed by atoms with E-state index in [1.54, 1.807) is 37.4 Å². The monoisotopic (exact) mass is 425 g/mol. The fraction of sp³-hybridized carbons (Fsp3) is 0.190. The second-order valence-corrected chi connectivity index (χ2v) is 7.66. The van der Waals surface area contributed by atoms with Gasteiger partial charge in [0.2, 0.25) is 5.95 Å². The second-order valence-electron chi connectivity index (χ2n) is 7.23. The summed E-state index contributed by atoms with van der Waals surface area (Å²) >= 11 is 6.05. The maximum Gasteiger partial charge on any atom is 0.332 e. The first-order valence-electron chi connectivity index (χ1n) is 9.41. The lowest BCUT2D eigenvalue weighted by atomic mass is 10.2. The molecule has 0 unspecified atom stereocenters. The largest absolute Gasteiger partial charge is 0.332 e. The Labute approximate surface area is 175 Å². The number of rotatable bonds is 3. The van der Waals surface area contributed by atoms with Crippen molar-refractivity contribution in [2.75, 3.05) is 11.4 Å². The van der Waals surface area contributed by atoms with Crippen LogP contribution in [0, 0.1) is 5.82 Å². The number of halogens is 2. The van der Waals surface area contributed by atoms with Gasteiger partial charge in [0.1, 0.15) is 5.82 Å². The zero-order valence-corrected chi connectivity index (χ0v) is 16.8. The SMILES string of the molecule is Cn1c(=O)n(Cc2cccc(Cl)c2)c(=O)c2c1nc1n2CCN1c1ccc(F)cc1. The highest BCUT2D eigenvalue weighted by Crippen LogP contribution is 2.31. The van der Waals surface area contributed by atoms with Crippen LogP contribution in [-0.2, 0) is 20.1 Å². The first-order valence-corrected chi connectivity index (χ1v) is 9.79. The lowest BCUT2D eigenvalue weighted by Gasteiger charge is -2.15. The Hall–Kier alpha value is -3.39. The first-order chi connectivity index (χ1) is 14.4. The third-order valence-electron chi connectivity index (χ3n) is 5.37. The van der Waals surface area contributed by atoms with Crippen LogP contribution in [0.15, 0.2) is 58.1 Å². The van der Waals surface area contributed by atoms with Crippen molar-refractivity contribution in [3.63, 3.8) is 0 Å². The fourth-order valence-corrected chi connectivity index (χ4v) is 4.11. The lowest BCUT2D eigenvalue weighted by molar-refractivity contribution is 0.628. The average molecular weight is 426 g/mol. The summed E-state index contributed by atoms with van der Waals surface area (Å²) in [5, 5.41) is 0.540. The molecular weight excluding hydrogens is 409 g/mol. The molecule has 0 spiro atoms. The van der Waals surface area contributed by atoms with Crippen LogP contribution >= 0.6 is 11.6 Å². The molecule has 2 aromatic carbocycles. The van der Waals surface area contributed by atoms with Crippen molar-refractivity contribution in [1.29, 1.82) is 0 Å². The summed E-state index contributed by atoms with van der Waals surface area (Å²) in [6.07, 6.45) is 0. The van der Waals surface area contributed by atoms with Crippen molar-refractivity contribution < 1.29 is 4.39 Å². The minimum absolute atomic E-state index is 0.115. The Kier molecular flexibility index (Phi) is 4.25.